The molecule has 3 rings (SSSR count). The first-order valence-corrected chi connectivity index (χ1v) is 9.91. The van der Waals surface area contributed by atoms with E-state index < -0.39 is 0 Å². The summed E-state index contributed by atoms with van der Waals surface area (Å²) < 4.78 is 5.00. The van der Waals surface area contributed by atoms with Gasteiger partial charge in [-0.25, -0.2) is 15.0 Å². The van der Waals surface area contributed by atoms with Crippen LogP contribution in [0.3, 0.4) is 0 Å². The first-order valence-electron chi connectivity index (χ1n) is 9.03. The Kier molecular flexibility index (Phi) is 6.83. The predicted octanol–water partition coefficient (Wildman–Crippen LogP) is 1.24. The monoisotopic (exact) mass is 389 g/mol. The average molecular weight is 389 g/mol. The Morgan fingerprint density at radius 2 is 2.00 bits per heavy atom. The van der Waals surface area contributed by atoms with Crippen LogP contribution in [0, 0.1) is 0 Å². The molecule has 0 N–H and O–H groups in total. The van der Waals surface area contributed by atoms with E-state index in [1.807, 2.05) is 15.2 Å². The summed E-state index contributed by atoms with van der Waals surface area (Å²) in [5.74, 6) is 0.416. The first-order chi connectivity index (χ1) is 13.2. The molecule has 0 radical (unpaired) electrons. The first kappa shape index (κ1) is 19.4. The van der Waals surface area contributed by atoms with Gasteiger partial charge in [0, 0.05) is 44.0 Å². The summed E-state index contributed by atoms with van der Waals surface area (Å²) >= 11 is 1.44. The van der Waals surface area contributed by atoms with E-state index in [2.05, 4.69) is 15.0 Å². The number of thiazole rings is 1. The second-order valence-electron chi connectivity index (χ2n) is 6.21. The number of hydrogen-bond acceptors (Lipinski definition) is 8. The lowest BCUT2D eigenvalue weighted by Gasteiger charge is -2.21. The maximum Gasteiger partial charge on any atom is 0.320 e. The van der Waals surface area contributed by atoms with Crippen LogP contribution in [0.4, 0.5) is 0 Å². The van der Waals surface area contributed by atoms with Crippen molar-refractivity contribution in [2.24, 2.45) is 0 Å². The van der Waals surface area contributed by atoms with E-state index in [0.717, 1.165) is 23.7 Å². The maximum atomic E-state index is 12.6. The van der Waals surface area contributed by atoms with Crippen molar-refractivity contribution in [2.45, 2.75) is 19.8 Å². The van der Waals surface area contributed by atoms with E-state index in [1.54, 1.807) is 25.4 Å². The molecule has 8 nitrogen and oxygen atoms in total. The van der Waals surface area contributed by atoms with Crippen LogP contribution in [0.25, 0.3) is 10.8 Å². The largest absolute Gasteiger partial charge is 0.465 e. The highest BCUT2D eigenvalue weighted by atomic mass is 32.1. The standard InChI is InChI=1S/C18H23N5O3S/c1-2-26-16(25)12-22-7-4-8-23(10-9-22)15(24)11-14-13-27-18(21-14)17-19-5-3-6-20-17/h3,5-6,13H,2,4,7-12H2,1H3. The minimum absolute atomic E-state index is 0.0545. The fourth-order valence-corrected chi connectivity index (χ4v) is 3.70. The highest BCUT2D eigenvalue weighted by Crippen LogP contribution is 2.20. The molecule has 1 fully saturated rings. The third-order valence-corrected chi connectivity index (χ3v) is 5.13. The van der Waals surface area contributed by atoms with Crippen LogP contribution in [0.2, 0.25) is 0 Å². The summed E-state index contributed by atoms with van der Waals surface area (Å²) in [5, 5.41) is 2.60. The number of amides is 1. The summed E-state index contributed by atoms with van der Waals surface area (Å²) in [6.07, 6.45) is 4.45. The quantitative estimate of drug-likeness (QED) is 0.687. The number of aromatic nitrogens is 3. The van der Waals surface area contributed by atoms with Crippen LogP contribution >= 0.6 is 11.3 Å². The van der Waals surface area contributed by atoms with Gasteiger partial charge < -0.3 is 9.64 Å². The molecule has 0 bridgehead atoms. The molecule has 1 amide bonds. The van der Waals surface area contributed by atoms with Crippen LogP contribution in [0.15, 0.2) is 23.8 Å². The average Bonchev–Trinajstić information content (AvgIpc) is 3.00. The molecule has 3 heterocycles. The SMILES string of the molecule is CCOC(=O)CN1CCCN(C(=O)Cc2csc(-c3ncccn3)n2)CC1. The van der Waals surface area contributed by atoms with Gasteiger partial charge in [0.1, 0.15) is 0 Å². The second kappa shape index (κ2) is 9.52. The van der Waals surface area contributed by atoms with Gasteiger partial charge in [-0.2, -0.15) is 0 Å². The Bertz CT molecular complexity index is 767. The molecule has 9 heteroatoms. The Labute approximate surface area is 162 Å². The molecule has 144 valence electrons. The number of carbonyl (C=O) groups is 2. The number of hydrogen-bond donors (Lipinski definition) is 0. The van der Waals surface area contributed by atoms with Gasteiger partial charge in [-0.05, 0) is 19.4 Å². The predicted molar refractivity (Wildman–Crippen MR) is 101 cm³/mol. The molecule has 0 aliphatic carbocycles. The Morgan fingerprint density at radius 1 is 1.19 bits per heavy atom. The normalized spacial score (nSPS) is 15.4. The van der Waals surface area contributed by atoms with Crippen molar-refractivity contribution in [3.8, 4) is 10.8 Å². The van der Waals surface area contributed by atoms with Crippen molar-refractivity contribution in [1.29, 1.82) is 0 Å². The third-order valence-electron chi connectivity index (χ3n) is 4.24. The molecule has 0 aromatic carbocycles. The summed E-state index contributed by atoms with van der Waals surface area (Å²) in [6.45, 7) is 5.23. The molecule has 0 spiro atoms. The number of ether oxygens (including phenoxy) is 1. The van der Waals surface area contributed by atoms with Crippen molar-refractivity contribution in [2.75, 3.05) is 39.3 Å². The van der Waals surface area contributed by atoms with E-state index in [9.17, 15) is 9.59 Å². The molecule has 2 aromatic rings. The number of rotatable bonds is 6. The van der Waals surface area contributed by atoms with Crippen molar-refractivity contribution >= 4 is 23.2 Å². The van der Waals surface area contributed by atoms with Crippen LogP contribution in [-0.4, -0.2) is 76.0 Å². The van der Waals surface area contributed by atoms with Crippen molar-refractivity contribution < 1.29 is 14.3 Å². The lowest BCUT2D eigenvalue weighted by Crippen LogP contribution is -2.37. The molecule has 27 heavy (non-hydrogen) atoms. The van der Waals surface area contributed by atoms with E-state index in [0.29, 0.717) is 32.1 Å². The Balaban J connectivity index is 1.53. The van der Waals surface area contributed by atoms with Gasteiger partial charge in [-0.3, -0.25) is 14.5 Å². The zero-order chi connectivity index (χ0) is 19.1. The third kappa shape index (κ3) is 5.54. The number of carbonyl (C=O) groups excluding carboxylic acids is 2. The van der Waals surface area contributed by atoms with E-state index in [1.165, 1.54) is 11.3 Å². The molecule has 0 unspecified atom stereocenters. The van der Waals surface area contributed by atoms with Crippen molar-refractivity contribution in [3.63, 3.8) is 0 Å². The van der Waals surface area contributed by atoms with Crippen LogP contribution in [0.1, 0.15) is 19.0 Å². The van der Waals surface area contributed by atoms with E-state index in [4.69, 9.17) is 4.74 Å². The molecule has 1 aliphatic heterocycles. The zero-order valence-corrected chi connectivity index (χ0v) is 16.2. The molecular formula is C18H23N5O3S. The van der Waals surface area contributed by atoms with E-state index >= 15 is 0 Å². The number of nitrogens with zero attached hydrogens (tertiary/aromatic N) is 5. The van der Waals surface area contributed by atoms with Gasteiger partial charge in [0.25, 0.3) is 0 Å². The lowest BCUT2D eigenvalue weighted by molar-refractivity contribution is -0.144. The van der Waals surface area contributed by atoms with E-state index in [-0.39, 0.29) is 24.8 Å². The fraction of sp³-hybridized carbons (Fsp3) is 0.500. The minimum atomic E-state index is -0.213. The highest BCUT2D eigenvalue weighted by Gasteiger charge is 2.21. The molecule has 2 aromatic heterocycles. The van der Waals surface area contributed by atoms with Gasteiger partial charge >= 0.3 is 5.97 Å². The van der Waals surface area contributed by atoms with Crippen LogP contribution < -0.4 is 0 Å². The van der Waals surface area contributed by atoms with Crippen LogP contribution in [-0.2, 0) is 20.7 Å². The van der Waals surface area contributed by atoms with Crippen molar-refractivity contribution in [1.82, 2.24) is 24.8 Å². The van der Waals surface area contributed by atoms with Gasteiger partial charge in [-0.15, -0.1) is 11.3 Å². The maximum absolute atomic E-state index is 12.6. The topological polar surface area (TPSA) is 88.5 Å². The summed E-state index contributed by atoms with van der Waals surface area (Å²) in [6, 6.07) is 1.76. The summed E-state index contributed by atoms with van der Waals surface area (Å²) in [7, 11) is 0. The molecule has 1 saturated heterocycles. The van der Waals surface area contributed by atoms with Crippen molar-refractivity contribution in [3.05, 3.63) is 29.5 Å². The minimum Gasteiger partial charge on any atom is -0.465 e. The summed E-state index contributed by atoms with van der Waals surface area (Å²) in [4.78, 5) is 41.0. The van der Waals surface area contributed by atoms with Crippen LogP contribution in [0.5, 0.6) is 0 Å². The Hall–Kier alpha value is -2.39. The number of esters is 1. The molecular weight excluding hydrogens is 366 g/mol. The zero-order valence-electron chi connectivity index (χ0n) is 15.3. The smallest absolute Gasteiger partial charge is 0.320 e. The Morgan fingerprint density at radius 3 is 2.78 bits per heavy atom. The van der Waals surface area contributed by atoms with Gasteiger partial charge in [0.2, 0.25) is 5.91 Å². The summed E-state index contributed by atoms with van der Waals surface area (Å²) in [5.41, 5.74) is 0.736. The van der Waals surface area contributed by atoms with Gasteiger partial charge in [-0.1, -0.05) is 0 Å². The highest BCUT2D eigenvalue weighted by molar-refractivity contribution is 7.13. The molecule has 1 aliphatic rings. The van der Waals surface area contributed by atoms with Gasteiger partial charge in [0.15, 0.2) is 10.8 Å². The van der Waals surface area contributed by atoms with Gasteiger partial charge in [0.05, 0.1) is 25.3 Å². The lowest BCUT2D eigenvalue weighted by atomic mass is 10.3. The molecule has 0 saturated carbocycles. The molecule has 0 atom stereocenters. The second-order valence-corrected chi connectivity index (χ2v) is 7.07. The fourth-order valence-electron chi connectivity index (χ4n) is 2.93.